The molecule has 3 heteroatoms. The molecular formula is C18H27NO2. The van der Waals surface area contributed by atoms with Crippen molar-refractivity contribution in [3.63, 3.8) is 0 Å². The third kappa shape index (κ3) is 3.35. The molecule has 0 fully saturated rings. The van der Waals surface area contributed by atoms with Gasteiger partial charge in [-0.1, -0.05) is 32.6 Å². The first kappa shape index (κ1) is 17.4. The summed E-state index contributed by atoms with van der Waals surface area (Å²) in [5.74, 6) is 0. The smallest absolute Gasteiger partial charge is 0.152 e. The standard InChI is InChI=1S/C18H27NO2/c1-7-10-11-15-16(12-20)13(4)19(17(15)8-2)14(5)18(9-3)21-6/h8,10-12,14,18H,2,7,9H2,1,3-6H3/b11-10-. The van der Waals surface area contributed by atoms with Crippen molar-refractivity contribution in [2.24, 2.45) is 0 Å². The summed E-state index contributed by atoms with van der Waals surface area (Å²) in [4.78, 5) is 11.5. The molecule has 0 aliphatic carbocycles. The van der Waals surface area contributed by atoms with Crippen LogP contribution < -0.4 is 0 Å². The summed E-state index contributed by atoms with van der Waals surface area (Å²) in [5, 5.41) is 0. The Labute approximate surface area is 128 Å². The van der Waals surface area contributed by atoms with E-state index in [-0.39, 0.29) is 12.1 Å². The van der Waals surface area contributed by atoms with Gasteiger partial charge in [-0.05, 0) is 32.8 Å². The van der Waals surface area contributed by atoms with Gasteiger partial charge in [0.2, 0.25) is 0 Å². The van der Waals surface area contributed by atoms with Crippen LogP contribution in [0.5, 0.6) is 0 Å². The van der Waals surface area contributed by atoms with E-state index < -0.39 is 0 Å². The first-order valence-electron chi connectivity index (χ1n) is 7.58. The van der Waals surface area contributed by atoms with Gasteiger partial charge in [-0.25, -0.2) is 0 Å². The molecule has 1 aromatic heterocycles. The maximum Gasteiger partial charge on any atom is 0.152 e. The fourth-order valence-corrected chi connectivity index (χ4v) is 2.94. The van der Waals surface area contributed by atoms with Crippen molar-refractivity contribution < 1.29 is 9.53 Å². The van der Waals surface area contributed by atoms with Gasteiger partial charge in [0.05, 0.1) is 12.1 Å². The second kappa shape index (κ2) is 7.99. The van der Waals surface area contributed by atoms with E-state index in [9.17, 15) is 4.79 Å². The van der Waals surface area contributed by atoms with Crippen molar-refractivity contribution in [1.29, 1.82) is 0 Å². The Balaban J connectivity index is 3.51. The molecule has 1 aromatic rings. The zero-order valence-electron chi connectivity index (χ0n) is 13.8. The van der Waals surface area contributed by atoms with Gasteiger partial charge in [0, 0.05) is 29.6 Å². The van der Waals surface area contributed by atoms with Crippen molar-refractivity contribution in [1.82, 2.24) is 4.57 Å². The normalized spacial score (nSPS) is 14.3. The van der Waals surface area contributed by atoms with E-state index in [4.69, 9.17) is 4.74 Å². The fourth-order valence-electron chi connectivity index (χ4n) is 2.94. The number of nitrogens with zero attached hydrogens (tertiary/aromatic N) is 1. The van der Waals surface area contributed by atoms with E-state index in [2.05, 4.69) is 38.0 Å². The lowest BCUT2D eigenvalue weighted by Gasteiger charge is -2.26. The molecule has 1 rings (SSSR count). The molecular weight excluding hydrogens is 262 g/mol. The second-order valence-corrected chi connectivity index (χ2v) is 5.22. The van der Waals surface area contributed by atoms with Gasteiger partial charge in [-0.15, -0.1) is 0 Å². The summed E-state index contributed by atoms with van der Waals surface area (Å²) in [6, 6.07) is 0.149. The van der Waals surface area contributed by atoms with E-state index in [0.717, 1.165) is 41.6 Å². The quantitative estimate of drug-likeness (QED) is 0.652. The number of hydrogen-bond acceptors (Lipinski definition) is 2. The monoisotopic (exact) mass is 289 g/mol. The predicted molar refractivity (Wildman–Crippen MR) is 89.8 cm³/mol. The van der Waals surface area contributed by atoms with Crippen LogP contribution in [0.2, 0.25) is 0 Å². The van der Waals surface area contributed by atoms with Crippen molar-refractivity contribution in [2.45, 2.75) is 52.7 Å². The minimum atomic E-state index is 0.109. The lowest BCUT2D eigenvalue weighted by Crippen LogP contribution is -2.24. The van der Waals surface area contributed by atoms with Crippen LogP contribution in [0.4, 0.5) is 0 Å². The molecule has 0 aromatic carbocycles. The number of carbonyl (C=O) groups excluding carboxylic acids is 1. The van der Waals surface area contributed by atoms with E-state index in [0.29, 0.717) is 0 Å². The fraction of sp³-hybridized carbons (Fsp3) is 0.500. The minimum absolute atomic E-state index is 0.109. The van der Waals surface area contributed by atoms with E-state index >= 15 is 0 Å². The molecule has 116 valence electrons. The SMILES string of the molecule is C=Cc1c(/C=C\CC)c(C=O)c(C)n1C(C)C(CC)OC. The molecule has 0 saturated carbocycles. The van der Waals surface area contributed by atoms with E-state index in [1.807, 2.05) is 19.1 Å². The first-order valence-corrected chi connectivity index (χ1v) is 7.58. The van der Waals surface area contributed by atoms with Crippen molar-refractivity contribution in [3.05, 3.63) is 35.2 Å². The predicted octanol–water partition coefficient (Wildman–Crippen LogP) is 4.66. The lowest BCUT2D eigenvalue weighted by molar-refractivity contribution is 0.0591. The molecule has 3 nitrogen and oxygen atoms in total. The van der Waals surface area contributed by atoms with Gasteiger partial charge >= 0.3 is 0 Å². The number of aldehydes is 1. The third-order valence-corrected chi connectivity index (χ3v) is 4.06. The molecule has 0 saturated heterocycles. The summed E-state index contributed by atoms with van der Waals surface area (Å²) >= 11 is 0. The van der Waals surface area contributed by atoms with Gasteiger partial charge in [-0.3, -0.25) is 4.79 Å². The third-order valence-electron chi connectivity index (χ3n) is 4.06. The van der Waals surface area contributed by atoms with Crippen LogP contribution in [0.25, 0.3) is 12.2 Å². The van der Waals surface area contributed by atoms with Crippen LogP contribution in [0, 0.1) is 6.92 Å². The Bertz CT molecular complexity index is 522. The molecule has 0 amide bonds. The van der Waals surface area contributed by atoms with Crippen molar-refractivity contribution >= 4 is 18.4 Å². The number of rotatable bonds is 8. The second-order valence-electron chi connectivity index (χ2n) is 5.22. The zero-order valence-corrected chi connectivity index (χ0v) is 13.8. The molecule has 0 bridgehead atoms. The molecule has 0 spiro atoms. The lowest BCUT2D eigenvalue weighted by atomic mass is 10.1. The number of ether oxygens (including phenoxy) is 1. The summed E-state index contributed by atoms with van der Waals surface area (Å²) in [6.45, 7) is 12.2. The number of allylic oxidation sites excluding steroid dienone is 1. The molecule has 0 aliphatic heterocycles. The van der Waals surface area contributed by atoms with Gasteiger partial charge in [0.25, 0.3) is 0 Å². The van der Waals surface area contributed by atoms with Crippen LogP contribution in [-0.2, 0) is 4.74 Å². The molecule has 0 aliphatic rings. The molecule has 2 atom stereocenters. The Morgan fingerprint density at radius 2 is 2.00 bits per heavy atom. The Morgan fingerprint density at radius 3 is 2.43 bits per heavy atom. The van der Waals surface area contributed by atoms with Crippen LogP contribution in [0.15, 0.2) is 12.7 Å². The van der Waals surface area contributed by atoms with Gasteiger partial charge in [0.15, 0.2) is 6.29 Å². The first-order chi connectivity index (χ1) is 10.1. The largest absolute Gasteiger partial charge is 0.379 e. The number of methoxy groups -OCH3 is 1. The highest BCUT2D eigenvalue weighted by Crippen LogP contribution is 2.30. The molecule has 2 unspecified atom stereocenters. The minimum Gasteiger partial charge on any atom is -0.379 e. The van der Waals surface area contributed by atoms with Crippen LogP contribution in [0.1, 0.15) is 67.0 Å². The van der Waals surface area contributed by atoms with Crippen LogP contribution in [0.3, 0.4) is 0 Å². The maximum atomic E-state index is 11.5. The van der Waals surface area contributed by atoms with Crippen molar-refractivity contribution in [2.75, 3.05) is 7.11 Å². The molecule has 21 heavy (non-hydrogen) atoms. The maximum absolute atomic E-state index is 11.5. The number of aromatic nitrogens is 1. The molecule has 0 N–H and O–H groups in total. The highest BCUT2D eigenvalue weighted by atomic mass is 16.5. The highest BCUT2D eigenvalue weighted by molar-refractivity contribution is 5.87. The van der Waals surface area contributed by atoms with E-state index in [1.165, 1.54) is 0 Å². The molecule has 1 heterocycles. The van der Waals surface area contributed by atoms with Crippen LogP contribution >= 0.6 is 0 Å². The van der Waals surface area contributed by atoms with Crippen LogP contribution in [-0.4, -0.2) is 24.1 Å². The Morgan fingerprint density at radius 1 is 1.33 bits per heavy atom. The molecule has 0 radical (unpaired) electrons. The van der Waals surface area contributed by atoms with Crippen molar-refractivity contribution in [3.8, 4) is 0 Å². The topological polar surface area (TPSA) is 31.2 Å². The van der Waals surface area contributed by atoms with Gasteiger partial charge < -0.3 is 9.30 Å². The Kier molecular flexibility index (Phi) is 6.63. The van der Waals surface area contributed by atoms with Gasteiger partial charge in [-0.2, -0.15) is 0 Å². The summed E-state index contributed by atoms with van der Waals surface area (Å²) < 4.78 is 7.74. The summed E-state index contributed by atoms with van der Waals surface area (Å²) in [5.41, 5.74) is 3.66. The van der Waals surface area contributed by atoms with E-state index in [1.54, 1.807) is 7.11 Å². The Hall–Kier alpha value is -1.61. The summed E-state index contributed by atoms with van der Waals surface area (Å²) in [6.07, 6.45) is 8.81. The zero-order chi connectivity index (χ0) is 16.0. The average molecular weight is 289 g/mol. The highest BCUT2D eigenvalue weighted by Gasteiger charge is 2.24. The van der Waals surface area contributed by atoms with Gasteiger partial charge in [0.1, 0.15) is 0 Å². The summed E-state index contributed by atoms with van der Waals surface area (Å²) in [7, 11) is 1.73. The average Bonchev–Trinajstić information content (AvgIpc) is 2.77. The number of carbonyl (C=O) groups is 1. The number of hydrogen-bond donors (Lipinski definition) is 0.